The van der Waals surface area contributed by atoms with Crippen molar-refractivity contribution in [2.75, 3.05) is 5.32 Å². The Bertz CT molecular complexity index is 742. The molecule has 148 valence electrons. The van der Waals surface area contributed by atoms with Crippen LogP contribution in [0.15, 0.2) is 29.2 Å². The standard InChI is InChI=1S/C18H29N3O3S.ClH/c1-17(2,3)21-25(23,24)14-9-7-8-13(12-14)20-16(22)15-10-5-6-11-18(15,4)19;/h7-9,12,15,21H,5-6,10-11,19H2,1-4H3,(H,20,22);1H. The van der Waals surface area contributed by atoms with Gasteiger partial charge in [0.05, 0.1) is 10.8 Å². The summed E-state index contributed by atoms with van der Waals surface area (Å²) in [5, 5.41) is 2.83. The molecule has 26 heavy (non-hydrogen) atoms. The quantitative estimate of drug-likeness (QED) is 0.719. The minimum Gasteiger partial charge on any atom is -0.326 e. The summed E-state index contributed by atoms with van der Waals surface area (Å²) in [5.41, 5.74) is 5.63. The summed E-state index contributed by atoms with van der Waals surface area (Å²) in [6.07, 6.45) is 3.58. The van der Waals surface area contributed by atoms with Crippen LogP contribution in [0.2, 0.25) is 0 Å². The van der Waals surface area contributed by atoms with Gasteiger partial charge in [-0.25, -0.2) is 13.1 Å². The van der Waals surface area contributed by atoms with Crippen LogP contribution in [0, 0.1) is 5.92 Å². The van der Waals surface area contributed by atoms with Gasteiger partial charge in [-0.15, -0.1) is 12.4 Å². The van der Waals surface area contributed by atoms with Crippen LogP contribution in [0.1, 0.15) is 53.4 Å². The lowest BCUT2D eigenvalue weighted by Gasteiger charge is -2.37. The molecule has 0 spiro atoms. The van der Waals surface area contributed by atoms with Crippen molar-refractivity contribution in [1.82, 2.24) is 4.72 Å². The molecule has 0 heterocycles. The van der Waals surface area contributed by atoms with E-state index in [2.05, 4.69) is 10.0 Å². The molecule has 6 nitrogen and oxygen atoms in total. The van der Waals surface area contributed by atoms with Gasteiger partial charge in [0.2, 0.25) is 15.9 Å². The summed E-state index contributed by atoms with van der Waals surface area (Å²) >= 11 is 0. The number of sulfonamides is 1. The molecule has 0 bridgehead atoms. The zero-order valence-corrected chi connectivity index (χ0v) is 17.5. The van der Waals surface area contributed by atoms with Gasteiger partial charge in [0.15, 0.2) is 0 Å². The van der Waals surface area contributed by atoms with Gasteiger partial charge in [-0.1, -0.05) is 18.9 Å². The third kappa shape index (κ3) is 5.94. The van der Waals surface area contributed by atoms with E-state index in [9.17, 15) is 13.2 Å². The molecule has 1 saturated carbocycles. The molecule has 0 aromatic heterocycles. The molecule has 1 fully saturated rings. The van der Waals surface area contributed by atoms with Crippen LogP contribution in [-0.4, -0.2) is 25.4 Å². The third-order valence-electron chi connectivity index (χ3n) is 4.42. The Morgan fingerprint density at radius 3 is 2.50 bits per heavy atom. The molecule has 1 aliphatic carbocycles. The van der Waals surface area contributed by atoms with Crippen molar-refractivity contribution >= 4 is 34.0 Å². The Morgan fingerprint density at radius 2 is 1.92 bits per heavy atom. The molecule has 0 aliphatic heterocycles. The van der Waals surface area contributed by atoms with Crippen LogP contribution in [-0.2, 0) is 14.8 Å². The Balaban J connectivity index is 0.00000338. The van der Waals surface area contributed by atoms with Crippen molar-refractivity contribution < 1.29 is 13.2 Å². The Kier molecular flexibility index (Phi) is 7.26. The predicted molar refractivity (Wildman–Crippen MR) is 107 cm³/mol. The maximum Gasteiger partial charge on any atom is 0.241 e. The van der Waals surface area contributed by atoms with E-state index >= 15 is 0 Å². The number of carbonyl (C=O) groups excluding carboxylic acids is 1. The van der Waals surface area contributed by atoms with E-state index in [1.807, 2.05) is 6.92 Å². The van der Waals surface area contributed by atoms with Crippen molar-refractivity contribution in [3.8, 4) is 0 Å². The molecule has 1 aliphatic rings. The van der Waals surface area contributed by atoms with Gasteiger partial charge < -0.3 is 11.1 Å². The monoisotopic (exact) mass is 403 g/mol. The zero-order chi connectivity index (χ0) is 18.9. The van der Waals surface area contributed by atoms with E-state index < -0.39 is 21.1 Å². The number of nitrogens with two attached hydrogens (primary N) is 1. The average molecular weight is 404 g/mol. The number of amides is 1. The highest BCUT2D eigenvalue weighted by Crippen LogP contribution is 2.32. The van der Waals surface area contributed by atoms with Gasteiger partial charge in [0.25, 0.3) is 0 Å². The van der Waals surface area contributed by atoms with E-state index in [-0.39, 0.29) is 29.1 Å². The van der Waals surface area contributed by atoms with Crippen LogP contribution in [0.25, 0.3) is 0 Å². The van der Waals surface area contributed by atoms with E-state index in [1.54, 1.807) is 32.9 Å². The molecule has 8 heteroatoms. The van der Waals surface area contributed by atoms with E-state index in [0.29, 0.717) is 5.69 Å². The third-order valence-corrected chi connectivity index (χ3v) is 6.18. The van der Waals surface area contributed by atoms with Crippen molar-refractivity contribution in [3.63, 3.8) is 0 Å². The largest absolute Gasteiger partial charge is 0.326 e. The SMILES string of the molecule is CC(C)(C)NS(=O)(=O)c1cccc(NC(=O)C2CCCCC2(C)N)c1.Cl. The van der Waals surface area contributed by atoms with E-state index in [1.165, 1.54) is 12.1 Å². The highest BCUT2D eigenvalue weighted by molar-refractivity contribution is 7.89. The van der Waals surface area contributed by atoms with Crippen LogP contribution in [0.3, 0.4) is 0 Å². The second-order valence-electron chi connectivity index (χ2n) is 8.18. The molecule has 0 radical (unpaired) electrons. The van der Waals surface area contributed by atoms with Crippen LogP contribution in [0.5, 0.6) is 0 Å². The number of halogens is 1. The summed E-state index contributed by atoms with van der Waals surface area (Å²) in [6.45, 7) is 7.24. The lowest BCUT2D eigenvalue weighted by molar-refractivity contribution is -0.122. The maximum atomic E-state index is 12.6. The fourth-order valence-electron chi connectivity index (χ4n) is 3.22. The molecule has 2 atom stereocenters. The van der Waals surface area contributed by atoms with Gasteiger partial charge in [-0.05, 0) is 58.7 Å². The normalized spacial score (nSPS) is 23.8. The molecule has 0 saturated heterocycles. The zero-order valence-electron chi connectivity index (χ0n) is 15.8. The number of hydrogen-bond acceptors (Lipinski definition) is 4. The first-order valence-electron chi connectivity index (χ1n) is 8.64. The highest BCUT2D eigenvalue weighted by Gasteiger charge is 2.37. The van der Waals surface area contributed by atoms with Crippen molar-refractivity contribution in [2.24, 2.45) is 11.7 Å². The van der Waals surface area contributed by atoms with Gasteiger partial charge in [0, 0.05) is 16.8 Å². The molecule has 4 N–H and O–H groups in total. The van der Waals surface area contributed by atoms with Gasteiger partial charge in [0.1, 0.15) is 0 Å². The Hall–Kier alpha value is -1.15. The molecule has 1 aromatic carbocycles. The Labute approximate surface area is 162 Å². The van der Waals surface area contributed by atoms with Gasteiger partial charge in [-0.2, -0.15) is 0 Å². The summed E-state index contributed by atoms with van der Waals surface area (Å²) in [4.78, 5) is 12.7. The van der Waals surface area contributed by atoms with Crippen molar-refractivity contribution in [1.29, 1.82) is 0 Å². The lowest BCUT2D eigenvalue weighted by atomic mass is 9.74. The number of anilines is 1. The molecular weight excluding hydrogens is 374 g/mol. The number of carbonyl (C=O) groups is 1. The van der Waals surface area contributed by atoms with Crippen LogP contribution < -0.4 is 15.8 Å². The molecule has 1 amide bonds. The number of rotatable bonds is 4. The summed E-state index contributed by atoms with van der Waals surface area (Å²) in [6, 6.07) is 6.29. The van der Waals surface area contributed by atoms with Crippen molar-refractivity contribution in [2.45, 2.75) is 69.4 Å². The van der Waals surface area contributed by atoms with Crippen molar-refractivity contribution in [3.05, 3.63) is 24.3 Å². The highest BCUT2D eigenvalue weighted by atomic mass is 35.5. The first-order valence-corrected chi connectivity index (χ1v) is 10.1. The van der Waals surface area contributed by atoms with Gasteiger partial charge in [-0.3, -0.25) is 4.79 Å². The molecule has 2 rings (SSSR count). The topological polar surface area (TPSA) is 101 Å². The predicted octanol–water partition coefficient (Wildman–Crippen LogP) is 3.03. The fourth-order valence-corrected chi connectivity index (χ4v) is 4.69. The smallest absolute Gasteiger partial charge is 0.241 e. The minimum atomic E-state index is -3.65. The average Bonchev–Trinajstić information content (AvgIpc) is 2.44. The number of hydrogen-bond donors (Lipinski definition) is 3. The maximum absolute atomic E-state index is 12.6. The van der Waals surface area contributed by atoms with Crippen LogP contribution >= 0.6 is 12.4 Å². The second kappa shape index (κ2) is 8.25. The first kappa shape index (κ1) is 22.9. The lowest BCUT2D eigenvalue weighted by Crippen LogP contribution is -2.51. The van der Waals surface area contributed by atoms with E-state index in [4.69, 9.17) is 5.73 Å². The number of nitrogens with one attached hydrogen (secondary N) is 2. The minimum absolute atomic E-state index is 0. The fraction of sp³-hybridized carbons (Fsp3) is 0.611. The number of benzene rings is 1. The second-order valence-corrected chi connectivity index (χ2v) is 9.86. The summed E-state index contributed by atoms with van der Waals surface area (Å²) in [7, 11) is -3.65. The molecule has 1 aromatic rings. The molecule has 2 unspecified atom stereocenters. The first-order chi connectivity index (χ1) is 11.4. The summed E-state index contributed by atoms with van der Waals surface area (Å²) < 4.78 is 27.5. The van der Waals surface area contributed by atoms with Gasteiger partial charge >= 0.3 is 0 Å². The Morgan fingerprint density at radius 1 is 1.27 bits per heavy atom. The van der Waals surface area contributed by atoms with Crippen LogP contribution in [0.4, 0.5) is 5.69 Å². The molecular formula is C18H30ClN3O3S. The van der Waals surface area contributed by atoms with E-state index in [0.717, 1.165) is 25.7 Å². The summed E-state index contributed by atoms with van der Waals surface area (Å²) in [5.74, 6) is -0.419.